The van der Waals surface area contributed by atoms with Crippen molar-refractivity contribution in [2.75, 3.05) is 13.1 Å². The lowest BCUT2D eigenvalue weighted by atomic mass is 9.90. The van der Waals surface area contributed by atoms with Crippen LogP contribution in [0.4, 0.5) is 0 Å². The van der Waals surface area contributed by atoms with Crippen LogP contribution in [-0.4, -0.2) is 29.5 Å². The monoisotopic (exact) mass is 407 g/mol. The molecule has 1 aliphatic heterocycles. The summed E-state index contributed by atoms with van der Waals surface area (Å²) in [5.41, 5.74) is 3.51. The van der Waals surface area contributed by atoms with Gasteiger partial charge < -0.3 is 9.64 Å². The third-order valence-corrected chi connectivity index (χ3v) is 5.55. The van der Waals surface area contributed by atoms with Gasteiger partial charge in [0.25, 0.3) is 0 Å². The summed E-state index contributed by atoms with van der Waals surface area (Å²) in [6.07, 6.45) is 3.74. The number of hydrogen-bond donors (Lipinski definition) is 0. The molecule has 3 rings (SSSR count). The first-order valence-electron chi connectivity index (χ1n) is 11.3. The first-order valence-corrected chi connectivity index (χ1v) is 11.3. The molecule has 1 unspecified atom stereocenters. The average molecular weight is 408 g/mol. The molecule has 162 valence electrons. The summed E-state index contributed by atoms with van der Waals surface area (Å²) in [7, 11) is 0. The summed E-state index contributed by atoms with van der Waals surface area (Å²) in [5, 5.41) is 0. The van der Waals surface area contributed by atoms with Gasteiger partial charge in [0, 0.05) is 19.0 Å². The number of benzene rings is 2. The Labute approximate surface area is 182 Å². The standard InChI is InChI=1S/C27H37NO2/c1-20(2)16-21-11-13-22(14-12-21)17-26(29)28-15-7-9-24(19-28)23-8-6-10-25(18-23)30-27(3,4)5/h6,8,10-14,18,20,24H,7,9,15-17,19H2,1-5H3. The largest absolute Gasteiger partial charge is 0.488 e. The number of carbonyl (C=O) groups is 1. The number of hydrogen-bond acceptors (Lipinski definition) is 2. The molecule has 30 heavy (non-hydrogen) atoms. The Balaban J connectivity index is 1.61. The van der Waals surface area contributed by atoms with Gasteiger partial charge in [0.2, 0.25) is 5.91 Å². The summed E-state index contributed by atoms with van der Waals surface area (Å²) in [6.45, 7) is 12.3. The van der Waals surface area contributed by atoms with Crippen molar-refractivity contribution in [3.63, 3.8) is 0 Å². The van der Waals surface area contributed by atoms with E-state index in [-0.39, 0.29) is 11.5 Å². The molecule has 0 spiro atoms. The molecule has 0 aliphatic carbocycles. The molecule has 1 saturated heterocycles. The Morgan fingerprint density at radius 2 is 1.80 bits per heavy atom. The maximum atomic E-state index is 13.0. The molecule has 0 aromatic heterocycles. The van der Waals surface area contributed by atoms with Gasteiger partial charge in [0.05, 0.1) is 6.42 Å². The molecule has 1 fully saturated rings. The fourth-order valence-corrected chi connectivity index (χ4v) is 4.21. The molecule has 1 amide bonds. The highest BCUT2D eigenvalue weighted by Crippen LogP contribution is 2.30. The molecular formula is C27H37NO2. The second-order valence-electron chi connectivity index (χ2n) is 10.1. The molecule has 1 heterocycles. The average Bonchev–Trinajstić information content (AvgIpc) is 2.68. The lowest BCUT2D eigenvalue weighted by molar-refractivity contribution is -0.131. The van der Waals surface area contributed by atoms with E-state index in [1.54, 1.807) is 0 Å². The topological polar surface area (TPSA) is 29.5 Å². The maximum absolute atomic E-state index is 13.0. The third-order valence-electron chi connectivity index (χ3n) is 5.55. The SMILES string of the molecule is CC(C)Cc1ccc(CC(=O)N2CCCC(c3cccc(OC(C)(C)C)c3)C2)cc1. The van der Waals surface area contributed by atoms with Gasteiger partial charge in [-0.05, 0) is 74.8 Å². The van der Waals surface area contributed by atoms with Gasteiger partial charge in [0.1, 0.15) is 11.4 Å². The smallest absolute Gasteiger partial charge is 0.227 e. The highest BCUT2D eigenvalue weighted by molar-refractivity contribution is 5.79. The van der Waals surface area contributed by atoms with E-state index < -0.39 is 0 Å². The van der Waals surface area contributed by atoms with Crippen LogP contribution in [-0.2, 0) is 17.6 Å². The van der Waals surface area contributed by atoms with Gasteiger partial charge in [-0.15, -0.1) is 0 Å². The minimum atomic E-state index is -0.210. The lowest BCUT2D eigenvalue weighted by Crippen LogP contribution is -2.40. The molecule has 3 heteroatoms. The lowest BCUT2D eigenvalue weighted by Gasteiger charge is -2.33. The van der Waals surface area contributed by atoms with Crippen molar-refractivity contribution in [2.24, 2.45) is 5.92 Å². The molecule has 1 aliphatic rings. The van der Waals surface area contributed by atoms with Gasteiger partial charge in [-0.2, -0.15) is 0 Å². The Bertz CT molecular complexity index is 833. The van der Waals surface area contributed by atoms with Crippen molar-refractivity contribution in [3.8, 4) is 5.75 Å². The molecule has 0 N–H and O–H groups in total. The Hall–Kier alpha value is -2.29. The van der Waals surface area contributed by atoms with Gasteiger partial charge in [-0.1, -0.05) is 50.2 Å². The minimum absolute atomic E-state index is 0.210. The van der Waals surface area contributed by atoms with E-state index in [0.29, 0.717) is 18.3 Å². The molecule has 0 saturated carbocycles. The van der Waals surface area contributed by atoms with Crippen molar-refractivity contribution in [3.05, 3.63) is 65.2 Å². The van der Waals surface area contributed by atoms with Crippen LogP contribution >= 0.6 is 0 Å². The van der Waals surface area contributed by atoms with E-state index in [9.17, 15) is 4.79 Å². The fourth-order valence-electron chi connectivity index (χ4n) is 4.21. The van der Waals surface area contributed by atoms with Crippen molar-refractivity contribution in [1.82, 2.24) is 4.90 Å². The van der Waals surface area contributed by atoms with E-state index in [0.717, 1.165) is 43.7 Å². The number of nitrogens with zero attached hydrogens (tertiary/aromatic N) is 1. The predicted molar refractivity (Wildman–Crippen MR) is 124 cm³/mol. The molecular weight excluding hydrogens is 370 g/mol. The van der Waals surface area contributed by atoms with Crippen LogP contribution in [0.25, 0.3) is 0 Å². The van der Waals surface area contributed by atoms with E-state index in [2.05, 4.69) is 77.1 Å². The highest BCUT2D eigenvalue weighted by atomic mass is 16.5. The summed E-state index contributed by atoms with van der Waals surface area (Å²) < 4.78 is 6.04. The third kappa shape index (κ3) is 6.62. The predicted octanol–water partition coefficient (Wildman–Crippen LogP) is 6.01. The Morgan fingerprint density at radius 1 is 1.10 bits per heavy atom. The Morgan fingerprint density at radius 3 is 2.47 bits per heavy atom. The first kappa shape index (κ1) is 22.4. The zero-order valence-electron chi connectivity index (χ0n) is 19.3. The van der Waals surface area contributed by atoms with Crippen LogP contribution in [0, 0.1) is 5.92 Å². The molecule has 1 atom stereocenters. The van der Waals surface area contributed by atoms with E-state index >= 15 is 0 Å². The van der Waals surface area contributed by atoms with Gasteiger partial charge in [-0.25, -0.2) is 0 Å². The van der Waals surface area contributed by atoms with Crippen LogP contribution in [0.3, 0.4) is 0 Å². The number of piperidine rings is 1. The molecule has 3 nitrogen and oxygen atoms in total. The number of rotatable bonds is 6. The van der Waals surface area contributed by atoms with Crippen molar-refractivity contribution in [2.45, 2.75) is 71.8 Å². The van der Waals surface area contributed by atoms with Crippen LogP contribution in [0.2, 0.25) is 0 Å². The molecule has 0 radical (unpaired) electrons. The molecule has 0 bridgehead atoms. The summed E-state index contributed by atoms with van der Waals surface area (Å²) in [6, 6.07) is 17.0. The fraction of sp³-hybridized carbons (Fsp3) is 0.519. The van der Waals surface area contributed by atoms with E-state index in [1.165, 1.54) is 11.1 Å². The number of carbonyl (C=O) groups excluding carboxylic acids is 1. The van der Waals surface area contributed by atoms with E-state index in [1.807, 2.05) is 11.0 Å². The van der Waals surface area contributed by atoms with Crippen molar-refractivity contribution in [1.29, 1.82) is 0 Å². The zero-order valence-corrected chi connectivity index (χ0v) is 19.3. The number of ether oxygens (including phenoxy) is 1. The molecule has 2 aromatic carbocycles. The van der Waals surface area contributed by atoms with Gasteiger partial charge in [-0.3, -0.25) is 4.79 Å². The second-order valence-corrected chi connectivity index (χ2v) is 10.1. The summed E-state index contributed by atoms with van der Waals surface area (Å²) >= 11 is 0. The van der Waals surface area contributed by atoms with Crippen molar-refractivity contribution >= 4 is 5.91 Å². The normalized spacial score (nSPS) is 17.3. The van der Waals surface area contributed by atoms with Crippen LogP contribution in [0.1, 0.15) is 70.1 Å². The van der Waals surface area contributed by atoms with Crippen LogP contribution in [0.5, 0.6) is 5.75 Å². The number of likely N-dealkylation sites (tertiary alicyclic amines) is 1. The number of amides is 1. The summed E-state index contributed by atoms with van der Waals surface area (Å²) in [5.74, 6) is 2.16. The first-order chi connectivity index (χ1) is 14.2. The van der Waals surface area contributed by atoms with E-state index in [4.69, 9.17) is 4.74 Å². The quantitative estimate of drug-likeness (QED) is 0.587. The van der Waals surface area contributed by atoms with Crippen molar-refractivity contribution < 1.29 is 9.53 Å². The Kier molecular flexibility index (Phi) is 7.23. The van der Waals surface area contributed by atoms with Crippen LogP contribution < -0.4 is 4.74 Å². The van der Waals surface area contributed by atoms with Crippen LogP contribution in [0.15, 0.2) is 48.5 Å². The molecule has 2 aromatic rings. The second kappa shape index (κ2) is 9.68. The van der Waals surface area contributed by atoms with Gasteiger partial charge in [0.15, 0.2) is 0 Å². The zero-order chi connectivity index (χ0) is 21.7. The maximum Gasteiger partial charge on any atom is 0.227 e. The minimum Gasteiger partial charge on any atom is -0.488 e. The summed E-state index contributed by atoms with van der Waals surface area (Å²) in [4.78, 5) is 15.0. The van der Waals surface area contributed by atoms with Gasteiger partial charge >= 0.3 is 0 Å². The highest BCUT2D eigenvalue weighted by Gasteiger charge is 2.25.